The van der Waals surface area contributed by atoms with Crippen molar-refractivity contribution in [2.75, 3.05) is 19.0 Å². The third-order valence-electron chi connectivity index (χ3n) is 4.92. The highest BCUT2D eigenvalue weighted by Crippen LogP contribution is 2.32. The Morgan fingerprint density at radius 2 is 1.78 bits per heavy atom. The summed E-state index contributed by atoms with van der Waals surface area (Å²) in [6, 6.07) is 18.5. The highest BCUT2D eigenvalue weighted by molar-refractivity contribution is 8.18. The quantitative estimate of drug-likeness (QED) is 0.564. The van der Waals surface area contributed by atoms with Gasteiger partial charge in [-0.05, 0) is 73.3 Å². The molecule has 1 saturated heterocycles. The summed E-state index contributed by atoms with van der Waals surface area (Å²) in [5, 5.41) is 2.24. The molecule has 1 aliphatic heterocycles. The van der Waals surface area contributed by atoms with Crippen LogP contribution in [-0.4, -0.2) is 40.2 Å². The fourth-order valence-electron chi connectivity index (χ4n) is 3.24. The first-order valence-electron chi connectivity index (χ1n) is 9.88. The number of hydrogen-bond acceptors (Lipinski definition) is 5. The number of imide groups is 1. The number of benzene rings is 2. The summed E-state index contributed by atoms with van der Waals surface area (Å²) in [4.78, 5) is 38.8. The molecule has 32 heavy (non-hydrogen) atoms. The second-order valence-corrected chi connectivity index (χ2v) is 8.18. The first-order chi connectivity index (χ1) is 15.4. The van der Waals surface area contributed by atoms with Crippen molar-refractivity contribution in [3.8, 4) is 11.4 Å². The van der Waals surface area contributed by atoms with Crippen LogP contribution >= 0.6 is 11.8 Å². The summed E-state index contributed by atoms with van der Waals surface area (Å²) in [6.07, 6.45) is 3.53. The second kappa shape index (κ2) is 9.15. The van der Waals surface area contributed by atoms with Gasteiger partial charge in [-0.3, -0.25) is 19.3 Å². The van der Waals surface area contributed by atoms with Gasteiger partial charge in [0.25, 0.3) is 11.1 Å². The van der Waals surface area contributed by atoms with E-state index in [4.69, 9.17) is 4.74 Å². The number of carbonyl (C=O) groups is 3. The maximum atomic E-state index is 12.8. The van der Waals surface area contributed by atoms with Crippen molar-refractivity contribution >= 4 is 40.6 Å². The Morgan fingerprint density at radius 3 is 2.47 bits per heavy atom. The fraction of sp³-hybridized carbons (Fsp3) is 0.125. The van der Waals surface area contributed by atoms with Gasteiger partial charge in [0.1, 0.15) is 12.3 Å². The van der Waals surface area contributed by atoms with E-state index in [9.17, 15) is 14.4 Å². The van der Waals surface area contributed by atoms with Crippen molar-refractivity contribution in [1.82, 2.24) is 9.47 Å². The molecule has 0 spiro atoms. The Balaban J connectivity index is 1.48. The van der Waals surface area contributed by atoms with E-state index in [1.165, 1.54) is 0 Å². The molecule has 162 valence electrons. The molecule has 2 aromatic carbocycles. The number of ether oxygens (including phenoxy) is 1. The number of aryl methyl sites for hydroxylation is 1. The molecular weight excluding hydrogens is 426 g/mol. The third kappa shape index (κ3) is 4.60. The predicted octanol–water partition coefficient (Wildman–Crippen LogP) is 4.47. The zero-order valence-electron chi connectivity index (χ0n) is 17.6. The average Bonchev–Trinajstić information content (AvgIpc) is 3.35. The summed E-state index contributed by atoms with van der Waals surface area (Å²) in [5.74, 6) is -0.173. The van der Waals surface area contributed by atoms with Gasteiger partial charge in [-0.25, -0.2) is 0 Å². The lowest BCUT2D eigenvalue weighted by Crippen LogP contribution is -2.36. The van der Waals surface area contributed by atoms with Gasteiger partial charge in [0.15, 0.2) is 0 Å². The van der Waals surface area contributed by atoms with Crippen LogP contribution in [0, 0.1) is 6.92 Å². The zero-order chi connectivity index (χ0) is 22.7. The lowest BCUT2D eigenvalue weighted by Gasteiger charge is -2.12. The smallest absolute Gasteiger partial charge is 0.294 e. The minimum atomic E-state index is -0.485. The Hall–Kier alpha value is -3.78. The van der Waals surface area contributed by atoms with Gasteiger partial charge in [-0.1, -0.05) is 17.7 Å². The summed E-state index contributed by atoms with van der Waals surface area (Å²) in [7, 11) is 1.60. The maximum Gasteiger partial charge on any atom is 0.294 e. The Morgan fingerprint density at radius 1 is 1.06 bits per heavy atom. The van der Waals surface area contributed by atoms with E-state index in [2.05, 4.69) is 5.32 Å². The van der Waals surface area contributed by atoms with Gasteiger partial charge in [-0.2, -0.15) is 0 Å². The van der Waals surface area contributed by atoms with Gasteiger partial charge in [0.05, 0.1) is 12.0 Å². The zero-order valence-corrected chi connectivity index (χ0v) is 18.4. The van der Waals surface area contributed by atoms with Crippen molar-refractivity contribution in [2.24, 2.45) is 0 Å². The molecule has 7 nitrogen and oxygen atoms in total. The Labute approximate surface area is 189 Å². The number of nitrogens with zero attached hydrogens (tertiary/aromatic N) is 2. The van der Waals surface area contributed by atoms with Gasteiger partial charge < -0.3 is 14.6 Å². The summed E-state index contributed by atoms with van der Waals surface area (Å²) >= 11 is 0.825. The second-order valence-electron chi connectivity index (χ2n) is 7.18. The van der Waals surface area contributed by atoms with Gasteiger partial charge >= 0.3 is 0 Å². The summed E-state index contributed by atoms with van der Waals surface area (Å²) in [6.45, 7) is 1.61. The molecule has 4 rings (SSSR count). The fourth-order valence-corrected chi connectivity index (χ4v) is 4.06. The molecule has 0 saturated carbocycles. The van der Waals surface area contributed by atoms with Crippen LogP contribution in [0.25, 0.3) is 11.8 Å². The van der Waals surface area contributed by atoms with Gasteiger partial charge in [0, 0.05) is 23.3 Å². The third-order valence-corrected chi connectivity index (χ3v) is 5.83. The van der Waals surface area contributed by atoms with Crippen LogP contribution in [0.15, 0.2) is 71.8 Å². The van der Waals surface area contributed by atoms with Crippen molar-refractivity contribution in [3.63, 3.8) is 0 Å². The van der Waals surface area contributed by atoms with Crippen LogP contribution in [0.1, 0.15) is 11.3 Å². The lowest BCUT2D eigenvalue weighted by molar-refractivity contribution is -0.127. The van der Waals surface area contributed by atoms with E-state index in [0.29, 0.717) is 5.69 Å². The molecular formula is C24H21N3O4S. The lowest BCUT2D eigenvalue weighted by atomic mass is 10.2. The highest BCUT2D eigenvalue weighted by Gasteiger charge is 2.36. The predicted molar refractivity (Wildman–Crippen MR) is 125 cm³/mol. The van der Waals surface area contributed by atoms with Crippen LogP contribution < -0.4 is 10.1 Å². The molecule has 1 aromatic heterocycles. The number of methoxy groups -OCH3 is 1. The highest BCUT2D eigenvalue weighted by atomic mass is 32.2. The van der Waals surface area contributed by atoms with E-state index in [0.717, 1.165) is 39.4 Å². The number of aromatic nitrogens is 1. The molecule has 0 aliphatic carbocycles. The van der Waals surface area contributed by atoms with Crippen molar-refractivity contribution in [2.45, 2.75) is 6.92 Å². The molecule has 0 bridgehead atoms. The SMILES string of the molecule is COc1ccc(-n2cccc2/C=C2\SC(=O)N(CC(=O)Nc3ccc(C)cc3)C2=O)cc1. The number of hydrogen-bond donors (Lipinski definition) is 1. The van der Waals surface area contributed by atoms with E-state index in [1.54, 1.807) is 25.3 Å². The minimum Gasteiger partial charge on any atom is -0.497 e. The number of anilines is 1. The largest absolute Gasteiger partial charge is 0.497 e. The minimum absolute atomic E-state index is 0.270. The van der Waals surface area contributed by atoms with Crippen molar-refractivity contribution in [1.29, 1.82) is 0 Å². The Bertz CT molecular complexity index is 1200. The van der Waals surface area contributed by atoms with Crippen LogP contribution in [0.3, 0.4) is 0 Å². The summed E-state index contributed by atoms with van der Waals surface area (Å²) < 4.78 is 7.09. The number of amides is 3. The molecule has 3 amide bonds. The number of thioether (sulfide) groups is 1. The van der Waals surface area contributed by atoms with Crippen LogP contribution in [0.2, 0.25) is 0 Å². The van der Waals surface area contributed by atoms with E-state index in [-0.39, 0.29) is 11.4 Å². The normalized spacial score (nSPS) is 14.8. The molecule has 0 atom stereocenters. The van der Waals surface area contributed by atoms with Gasteiger partial charge in [-0.15, -0.1) is 0 Å². The van der Waals surface area contributed by atoms with E-state index < -0.39 is 17.1 Å². The molecule has 1 N–H and O–H groups in total. The molecule has 1 aliphatic rings. The van der Waals surface area contributed by atoms with Crippen LogP contribution in [0.4, 0.5) is 10.5 Å². The number of nitrogens with one attached hydrogen (secondary N) is 1. The van der Waals surface area contributed by atoms with Gasteiger partial charge in [0.2, 0.25) is 5.91 Å². The molecule has 0 unspecified atom stereocenters. The standard InChI is InChI=1S/C24H21N3O4S/c1-16-5-7-17(8-6-16)25-22(28)15-27-23(29)21(32-24(27)30)14-19-4-3-13-26(19)18-9-11-20(31-2)12-10-18/h3-14H,15H2,1-2H3,(H,25,28)/b21-14-. The molecule has 2 heterocycles. The first kappa shape index (κ1) is 21.5. The average molecular weight is 448 g/mol. The van der Waals surface area contributed by atoms with E-state index in [1.807, 2.05) is 66.2 Å². The van der Waals surface area contributed by atoms with Crippen molar-refractivity contribution < 1.29 is 19.1 Å². The van der Waals surface area contributed by atoms with Crippen LogP contribution in [0.5, 0.6) is 5.75 Å². The maximum absolute atomic E-state index is 12.8. The molecule has 3 aromatic rings. The number of rotatable bonds is 6. The Kier molecular flexibility index (Phi) is 6.13. The monoisotopic (exact) mass is 447 g/mol. The van der Waals surface area contributed by atoms with Crippen LogP contribution in [-0.2, 0) is 9.59 Å². The molecule has 1 fully saturated rings. The topological polar surface area (TPSA) is 80.6 Å². The summed E-state index contributed by atoms with van der Waals surface area (Å²) in [5.41, 5.74) is 3.31. The van der Waals surface area contributed by atoms with Crippen molar-refractivity contribution in [3.05, 3.63) is 83.0 Å². The first-order valence-corrected chi connectivity index (χ1v) is 10.7. The van der Waals surface area contributed by atoms with E-state index >= 15 is 0 Å². The molecule has 8 heteroatoms. The number of carbonyl (C=O) groups excluding carboxylic acids is 3. The molecule has 0 radical (unpaired) electrons.